The zero-order valence-corrected chi connectivity index (χ0v) is 15.7. The minimum atomic E-state index is -0.333. The highest BCUT2D eigenvalue weighted by molar-refractivity contribution is 5.81. The molecule has 0 radical (unpaired) electrons. The largest absolute Gasteiger partial charge is 0.465 e. The molecule has 27 heavy (non-hydrogen) atoms. The third-order valence-corrected chi connectivity index (χ3v) is 4.70. The molecule has 2 aliphatic rings. The number of hydrogen-bond donors (Lipinski definition) is 1. The first-order valence-electron chi connectivity index (χ1n) is 9.49. The molecule has 0 aliphatic carbocycles. The Morgan fingerprint density at radius 2 is 2.00 bits per heavy atom. The lowest BCUT2D eigenvalue weighted by Gasteiger charge is -2.35. The Hall–Kier alpha value is -2.26. The summed E-state index contributed by atoms with van der Waals surface area (Å²) >= 11 is 0. The van der Waals surface area contributed by atoms with Crippen LogP contribution < -0.4 is 5.32 Å². The van der Waals surface area contributed by atoms with Gasteiger partial charge in [-0.2, -0.15) is 0 Å². The molecule has 0 bridgehead atoms. The molecule has 0 saturated carbocycles. The highest BCUT2D eigenvalue weighted by Crippen LogP contribution is 2.16. The minimum Gasteiger partial charge on any atom is -0.465 e. The summed E-state index contributed by atoms with van der Waals surface area (Å²) in [6.07, 6.45) is 5.09. The third kappa shape index (κ3) is 5.61. The van der Waals surface area contributed by atoms with Gasteiger partial charge in [0.25, 0.3) is 5.91 Å². The Labute approximate surface area is 159 Å². The Bertz CT molecular complexity index is 625. The molecule has 1 aromatic rings. The maximum atomic E-state index is 12.4. The van der Waals surface area contributed by atoms with Gasteiger partial charge in [0.05, 0.1) is 6.61 Å². The van der Waals surface area contributed by atoms with Crippen LogP contribution in [0.15, 0.2) is 12.4 Å². The first-order valence-corrected chi connectivity index (χ1v) is 9.49. The third-order valence-electron chi connectivity index (χ3n) is 4.70. The molecule has 3 rings (SSSR count). The molecule has 2 aliphatic heterocycles. The van der Waals surface area contributed by atoms with E-state index in [-0.39, 0.29) is 24.5 Å². The lowest BCUT2D eigenvalue weighted by Crippen LogP contribution is -2.51. The van der Waals surface area contributed by atoms with E-state index in [9.17, 15) is 9.59 Å². The zero-order chi connectivity index (χ0) is 19.1. The first-order chi connectivity index (χ1) is 13.2. The summed E-state index contributed by atoms with van der Waals surface area (Å²) in [5.41, 5.74) is 0.996. The van der Waals surface area contributed by atoms with Gasteiger partial charge in [-0.15, -0.1) is 0 Å². The molecule has 9 heteroatoms. The van der Waals surface area contributed by atoms with Crippen molar-refractivity contribution < 1.29 is 19.1 Å². The van der Waals surface area contributed by atoms with Crippen molar-refractivity contribution in [2.45, 2.75) is 32.4 Å². The van der Waals surface area contributed by atoms with Crippen molar-refractivity contribution in [2.24, 2.45) is 0 Å². The van der Waals surface area contributed by atoms with Gasteiger partial charge in [-0.05, 0) is 19.8 Å². The van der Waals surface area contributed by atoms with Gasteiger partial charge in [0, 0.05) is 57.3 Å². The summed E-state index contributed by atoms with van der Waals surface area (Å²) < 4.78 is 10.3. The first kappa shape index (κ1) is 19.5. The van der Waals surface area contributed by atoms with Gasteiger partial charge in [0.15, 0.2) is 0 Å². The van der Waals surface area contributed by atoms with Crippen LogP contribution >= 0.6 is 0 Å². The van der Waals surface area contributed by atoms with Crippen LogP contribution in [0, 0.1) is 0 Å². The molecule has 1 N–H and O–H groups in total. The molecule has 0 aromatic carbocycles. The van der Waals surface area contributed by atoms with Crippen molar-refractivity contribution in [1.29, 1.82) is 0 Å². The van der Waals surface area contributed by atoms with Gasteiger partial charge in [0.2, 0.25) is 5.95 Å². The van der Waals surface area contributed by atoms with Crippen LogP contribution in [0.4, 0.5) is 5.95 Å². The molecule has 9 nitrogen and oxygen atoms in total. The number of nitrogens with zero attached hydrogens (tertiary/aromatic N) is 4. The number of rotatable bonds is 7. The van der Waals surface area contributed by atoms with Gasteiger partial charge >= 0.3 is 5.97 Å². The number of anilines is 1. The molecule has 0 spiro atoms. The normalized spacial score (nSPS) is 20.5. The summed E-state index contributed by atoms with van der Waals surface area (Å²) in [6.45, 7) is 6.68. The second-order valence-electron chi connectivity index (χ2n) is 6.68. The molecular weight excluding hydrogens is 350 g/mol. The average Bonchev–Trinajstić information content (AvgIpc) is 3.23. The van der Waals surface area contributed by atoms with Gasteiger partial charge in [-0.1, -0.05) is 0 Å². The number of amides is 1. The molecule has 1 amide bonds. The van der Waals surface area contributed by atoms with Crippen molar-refractivity contribution in [2.75, 3.05) is 51.3 Å². The van der Waals surface area contributed by atoms with Gasteiger partial charge < -0.3 is 19.7 Å². The zero-order valence-electron chi connectivity index (χ0n) is 15.7. The van der Waals surface area contributed by atoms with E-state index in [2.05, 4.69) is 20.2 Å². The summed E-state index contributed by atoms with van der Waals surface area (Å²) in [6, 6.07) is 0. The van der Waals surface area contributed by atoms with Crippen molar-refractivity contribution >= 4 is 17.8 Å². The lowest BCUT2D eigenvalue weighted by molar-refractivity contribution is -0.143. The molecular formula is C18H27N5O4. The van der Waals surface area contributed by atoms with Crippen LogP contribution in [0.2, 0.25) is 0 Å². The fourth-order valence-corrected chi connectivity index (χ4v) is 3.25. The van der Waals surface area contributed by atoms with Crippen LogP contribution in [0.25, 0.3) is 0 Å². The highest BCUT2D eigenvalue weighted by Gasteiger charge is 2.30. The van der Waals surface area contributed by atoms with Crippen molar-refractivity contribution in [1.82, 2.24) is 19.8 Å². The summed E-state index contributed by atoms with van der Waals surface area (Å²) in [5, 5.41) is 2.84. The number of carbonyl (C=O) groups excluding carboxylic acids is 2. The monoisotopic (exact) mass is 377 g/mol. The summed E-state index contributed by atoms with van der Waals surface area (Å²) in [5.74, 6) is 0.201. The molecule has 1 aromatic heterocycles. The standard InChI is InChI=1S/C18H27N5O4/c1-2-26-16(24)12-21-18-19-10-14(11-20-18)13-22-5-7-23(8-6-22)17(25)15-4-3-9-27-15/h10-11,15H,2-9,12-13H2,1H3,(H,19,20,21). The smallest absolute Gasteiger partial charge is 0.325 e. The maximum Gasteiger partial charge on any atom is 0.325 e. The summed E-state index contributed by atoms with van der Waals surface area (Å²) in [7, 11) is 0. The number of aromatic nitrogens is 2. The number of hydrogen-bond acceptors (Lipinski definition) is 8. The van der Waals surface area contributed by atoms with E-state index in [0.29, 0.717) is 19.2 Å². The van der Waals surface area contributed by atoms with E-state index in [1.807, 2.05) is 4.90 Å². The Morgan fingerprint density at radius 3 is 2.63 bits per heavy atom. The van der Waals surface area contributed by atoms with Crippen molar-refractivity contribution in [3.8, 4) is 0 Å². The number of carbonyl (C=O) groups is 2. The van der Waals surface area contributed by atoms with Crippen LogP contribution in [0.5, 0.6) is 0 Å². The minimum absolute atomic E-state index is 0.0495. The van der Waals surface area contributed by atoms with Gasteiger partial charge in [-0.3, -0.25) is 14.5 Å². The fourth-order valence-electron chi connectivity index (χ4n) is 3.25. The molecule has 3 heterocycles. The number of ether oxygens (including phenoxy) is 2. The van der Waals surface area contributed by atoms with E-state index in [0.717, 1.165) is 51.1 Å². The van der Waals surface area contributed by atoms with E-state index in [1.165, 1.54) is 0 Å². The Balaban J connectivity index is 1.41. The number of esters is 1. The topological polar surface area (TPSA) is 96.9 Å². The summed E-state index contributed by atoms with van der Waals surface area (Å²) in [4.78, 5) is 36.4. The predicted octanol–water partition coefficient (Wildman–Crippen LogP) is 0.275. The Kier molecular flexibility index (Phi) is 6.94. The van der Waals surface area contributed by atoms with E-state index in [4.69, 9.17) is 9.47 Å². The van der Waals surface area contributed by atoms with Crippen LogP contribution in [0.1, 0.15) is 25.3 Å². The average molecular weight is 377 g/mol. The molecule has 1 unspecified atom stereocenters. The SMILES string of the molecule is CCOC(=O)CNc1ncc(CN2CCN(C(=O)C3CCCO3)CC2)cn1. The second-order valence-corrected chi connectivity index (χ2v) is 6.68. The molecule has 148 valence electrons. The highest BCUT2D eigenvalue weighted by atomic mass is 16.5. The molecule has 2 saturated heterocycles. The van der Waals surface area contributed by atoms with Gasteiger partial charge in [0.1, 0.15) is 12.6 Å². The van der Waals surface area contributed by atoms with E-state index < -0.39 is 0 Å². The van der Waals surface area contributed by atoms with E-state index in [1.54, 1.807) is 19.3 Å². The maximum absolute atomic E-state index is 12.4. The van der Waals surface area contributed by atoms with E-state index >= 15 is 0 Å². The van der Waals surface area contributed by atoms with Crippen molar-refractivity contribution in [3.63, 3.8) is 0 Å². The molecule has 1 atom stereocenters. The lowest BCUT2D eigenvalue weighted by atomic mass is 10.2. The van der Waals surface area contributed by atoms with Crippen LogP contribution in [-0.2, 0) is 25.6 Å². The Morgan fingerprint density at radius 1 is 1.26 bits per heavy atom. The van der Waals surface area contributed by atoms with Crippen molar-refractivity contribution in [3.05, 3.63) is 18.0 Å². The van der Waals surface area contributed by atoms with Crippen LogP contribution in [0.3, 0.4) is 0 Å². The predicted molar refractivity (Wildman–Crippen MR) is 98.0 cm³/mol. The molecule has 2 fully saturated rings. The van der Waals surface area contributed by atoms with Crippen LogP contribution in [-0.4, -0.2) is 83.7 Å². The van der Waals surface area contributed by atoms with Gasteiger partial charge in [-0.25, -0.2) is 9.97 Å². The quantitative estimate of drug-likeness (QED) is 0.677. The number of nitrogens with one attached hydrogen (secondary N) is 1. The fraction of sp³-hybridized carbons (Fsp3) is 0.667. The number of piperazine rings is 1. The second kappa shape index (κ2) is 9.61.